The molecule has 0 aliphatic rings. The van der Waals surface area contributed by atoms with Gasteiger partial charge in [0, 0.05) is 12.3 Å². The molecule has 0 spiro atoms. The van der Waals surface area contributed by atoms with Gasteiger partial charge in [-0.15, -0.1) is 0 Å². The summed E-state index contributed by atoms with van der Waals surface area (Å²) < 4.78 is 60.8. The molecule has 0 fully saturated rings. The molecule has 19 heavy (non-hydrogen) atoms. The van der Waals surface area contributed by atoms with Gasteiger partial charge in [-0.3, -0.25) is 0 Å². The van der Waals surface area contributed by atoms with E-state index in [1.54, 1.807) is 0 Å². The Bertz CT molecular complexity index is 630. The summed E-state index contributed by atoms with van der Waals surface area (Å²) in [6.45, 7) is 0. The fourth-order valence-electron chi connectivity index (χ4n) is 1.36. The van der Waals surface area contributed by atoms with E-state index in [1.165, 1.54) is 0 Å². The first kappa shape index (κ1) is 15.2. The van der Waals surface area contributed by atoms with E-state index in [-0.39, 0.29) is 5.56 Å². The predicted octanol–water partition coefficient (Wildman–Crippen LogP) is 2.21. The second-order valence-corrected chi connectivity index (χ2v) is 5.68. The highest BCUT2D eigenvalue weighted by Crippen LogP contribution is 2.35. The van der Waals surface area contributed by atoms with Crippen molar-refractivity contribution in [2.75, 3.05) is 6.26 Å². The van der Waals surface area contributed by atoms with E-state index in [2.05, 4.69) is 0 Å². The topological polar surface area (TPSA) is 71.4 Å². The van der Waals surface area contributed by atoms with Crippen LogP contribution >= 0.6 is 0 Å². The van der Waals surface area contributed by atoms with Crippen LogP contribution in [0.4, 0.5) is 13.2 Å². The molecule has 1 rings (SSSR count). The van der Waals surface area contributed by atoms with Crippen molar-refractivity contribution in [1.82, 2.24) is 0 Å². The van der Waals surface area contributed by atoms with Gasteiger partial charge in [-0.05, 0) is 23.8 Å². The minimum atomic E-state index is -4.84. The maximum atomic E-state index is 12.8. The molecule has 1 aromatic rings. The molecule has 104 valence electrons. The van der Waals surface area contributed by atoms with E-state index in [9.17, 15) is 26.4 Å². The van der Waals surface area contributed by atoms with Crippen LogP contribution in [0.3, 0.4) is 0 Å². The third-order valence-electron chi connectivity index (χ3n) is 2.13. The normalized spacial score (nSPS) is 12.8. The molecule has 0 amide bonds. The zero-order valence-electron chi connectivity index (χ0n) is 9.60. The lowest BCUT2D eigenvalue weighted by Crippen LogP contribution is -2.12. The number of hydrogen-bond donors (Lipinski definition) is 1. The first-order valence-electron chi connectivity index (χ1n) is 4.84. The van der Waals surface area contributed by atoms with Gasteiger partial charge in [0.15, 0.2) is 9.84 Å². The summed E-state index contributed by atoms with van der Waals surface area (Å²) in [5.74, 6) is -1.32. The lowest BCUT2D eigenvalue weighted by Gasteiger charge is -2.12. The fourth-order valence-corrected chi connectivity index (χ4v) is 2.25. The predicted molar refractivity (Wildman–Crippen MR) is 61.2 cm³/mol. The summed E-state index contributed by atoms with van der Waals surface area (Å²) in [6.07, 6.45) is -2.56. The van der Waals surface area contributed by atoms with Gasteiger partial charge in [0.25, 0.3) is 0 Å². The Hall–Kier alpha value is -1.83. The molecule has 0 radical (unpaired) electrons. The number of alkyl halides is 3. The molecular formula is C11H9F3O4S. The van der Waals surface area contributed by atoms with Crippen LogP contribution in [0.5, 0.6) is 0 Å². The quantitative estimate of drug-likeness (QED) is 0.868. The molecule has 0 bridgehead atoms. The van der Waals surface area contributed by atoms with Crippen LogP contribution in [0, 0.1) is 0 Å². The number of aliphatic carboxylic acids is 1. The van der Waals surface area contributed by atoms with E-state index in [0.29, 0.717) is 18.4 Å². The maximum Gasteiger partial charge on any atom is 0.417 e. The molecule has 0 aliphatic carbocycles. The molecule has 0 aromatic heterocycles. The molecule has 0 saturated heterocycles. The number of sulfone groups is 1. The second-order valence-electron chi connectivity index (χ2n) is 3.70. The molecule has 0 saturated carbocycles. The fraction of sp³-hybridized carbons (Fsp3) is 0.182. The molecule has 1 aromatic carbocycles. The van der Waals surface area contributed by atoms with Gasteiger partial charge in [-0.2, -0.15) is 13.2 Å². The highest BCUT2D eigenvalue weighted by molar-refractivity contribution is 7.90. The molecule has 8 heteroatoms. The molecule has 4 nitrogen and oxygen atoms in total. The van der Waals surface area contributed by atoms with Crippen LogP contribution in [0.2, 0.25) is 0 Å². The van der Waals surface area contributed by atoms with Crippen LogP contribution < -0.4 is 0 Å². The Morgan fingerprint density at radius 2 is 1.89 bits per heavy atom. The van der Waals surface area contributed by atoms with E-state index in [0.717, 1.165) is 18.2 Å². The Morgan fingerprint density at radius 3 is 2.32 bits per heavy atom. The first-order chi connectivity index (χ1) is 8.51. The van der Waals surface area contributed by atoms with Crippen LogP contribution in [0.25, 0.3) is 6.08 Å². The van der Waals surface area contributed by atoms with Crippen LogP contribution in [0.1, 0.15) is 11.1 Å². The van der Waals surface area contributed by atoms with Crippen molar-refractivity contribution in [2.24, 2.45) is 0 Å². The highest BCUT2D eigenvalue weighted by atomic mass is 32.2. The number of carboxylic acid groups (broad SMARTS) is 1. The average Bonchev–Trinajstić information content (AvgIpc) is 2.23. The number of halogens is 3. The lowest BCUT2D eigenvalue weighted by atomic mass is 10.1. The van der Waals surface area contributed by atoms with Gasteiger partial charge in [0.1, 0.15) is 0 Å². The zero-order valence-corrected chi connectivity index (χ0v) is 10.4. The van der Waals surface area contributed by atoms with Gasteiger partial charge < -0.3 is 5.11 Å². The summed E-state index contributed by atoms with van der Waals surface area (Å²) in [6, 6.07) is 2.50. The Kier molecular flexibility index (Phi) is 4.04. The van der Waals surface area contributed by atoms with Crippen molar-refractivity contribution in [3.63, 3.8) is 0 Å². The van der Waals surface area contributed by atoms with Gasteiger partial charge in [0.05, 0.1) is 10.5 Å². The minimum absolute atomic E-state index is 0.0536. The average molecular weight is 294 g/mol. The zero-order chi connectivity index (χ0) is 14.8. The highest BCUT2D eigenvalue weighted by Gasteiger charge is 2.36. The van der Waals surface area contributed by atoms with Crippen molar-refractivity contribution in [3.8, 4) is 0 Å². The summed E-state index contributed by atoms with van der Waals surface area (Å²) in [7, 11) is -4.03. The van der Waals surface area contributed by atoms with E-state index < -0.39 is 32.4 Å². The van der Waals surface area contributed by atoms with Gasteiger partial charge in [0.2, 0.25) is 0 Å². The van der Waals surface area contributed by atoms with Gasteiger partial charge in [-0.25, -0.2) is 13.2 Å². The van der Waals surface area contributed by atoms with Crippen molar-refractivity contribution in [1.29, 1.82) is 0 Å². The molecule has 0 atom stereocenters. The summed E-state index contributed by atoms with van der Waals surface area (Å²) in [5.41, 5.74) is -1.37. The van der Waals surface area contributed by atoms with E-state index in [4.69, 9.17) is 5.11 Å². The van der Waals surface area contributed by atoms with Gasteiger partial charge in [-0.1, -0.05) is 6.07 Å². The van der Waals surface area contributed by atoms with Crippen LogP contribution in [-0.2, 0) is 20.8 Å². The number of hydrogen-bond acceptors (Lipinski definition) is 3. The molecule has 0 aliphatic heterocycles. The van der Waals surface area contributed by atoms with Crippen molar-refractivity contribution in [2.45, 2.75) is 11.1 Å². The Balaban J connectivity index is 3.45. The monoisotopic (exact) mass is 294 g/mol. The standard InChI is InChI=1S/C11H9F3O4S/c1-19(17,18)9-4-2-7(3-5-10(15)16)6-8(9)11(12,13)14/h2-6H,1H3,(H,15,16). The SMILES string of the molecule is CS(=O)(=O)c1ccc(C=CC(=O)O)cc1C(F)(F)F. The molecule has 0 unspecified atom stereocenters. The molecular weight excluding hydrogens is 285 g/mol. The lowest BCUT2D eigenvalue weighted by molar-refractivity contribution is -0.140. The Labute approximate surface area is 107 Å². The molecule has 0 heterocycles. The Morgan fingerprint density at radius 1 is 1.32 bits per heavy atom. The van der Waals surface area contributed by atoms with E-state index in [1.807, 2.05) is 0 Å². The number of rotatable bonds is 3. The second kappa shape index (κ2) is 5.04. The third kappa shape index (κ3) is 4.09. The smallest absolute Gasteiger partial charge is 0.417 e. The third-order valence-corrected chi connectivity index (χ3v) is 3.28. The van der Waals surface area contributed by atoms with Crippen molar-refractivity contribution >= 4 is 21.9 Å². The number of carbonyl (C=O) groups is 1. The van der Waals surface area contributed by atoms with Crippen LogP contribution in [0.15, 0.2) is 29.2 Å². The largest absolute Gasteiger partial charge is 0.478 e. The summed E-state index contributed by atoms with van der Waals surface area (Å²) >= 11 is 0. The number of carboxylic acids is 1. The van der Waals surface area contributed by atoms with Crippen molar-refractivity contribution in [3.05, 3.63) is 35.4 Å². The number of benzene rings is 1. The van der Waals surface area contributed by atoms with E-state index >= 15 is 0 Å². The first-order valence-corrected chi connectivity index (χ1v) is 6.73. The summed E-state index contributed by atoms with van der Waals surface area (Å²) in [5, 5.41) is 8.38. The maximum absolute atomic E-state index is 12.8. The van der Waals surface area contributed by atoms with Crippen LogP contribution in [-0.4, -0.2) is 25.7 Å². The van der Waals surface area contributed by atoms with Gasteiger partial charge >= 0.3 is 12.1 Å². The molecule has 1 N–H and O–H groups in total. The van der Waals surface area contributed by atoms with Crippen molar-refractivity contribution < 1.29 is 31.5 Å². The summed E-state index contributed by atoms with van der Waals surface area (Å²) in [4.78, 5) is 9.44. The minimum Gasteiger partial charge on any atom is -0.478 e.